The van der Waals surface area contributed by atoms with Gasteiger partial charge in [0.05, 0.1) is 18.0 Å². The van der Waals surface area contributed by atoms with Gasteiger partial charge in [0.25, 0.3) is 0 Å². The van der Waals surface area contributed by atoms with E-state index in [-0.39, 0.29) is 11.7 Å². The molecule has 4 nitrogen and oxygen atoms in total. The molecule has 0 aliphatic heterocycles. The molecule has 1 aromatic carbocycles. The Morgan fingerprint density at radius 1 is 1.22 bits per heavy atom. The first kappa shape index (κ1) is 16.1. The Labute approximate surface area is 139 Å². The maximum absolute atomic E-state index is 12.9. The first-order valence-corrected chi connectivity index (χ1v) is 8.92. The topological polar surface area (TPSA) is 46.9 Å². The van der Waals surface area contributed by atoms with Crippen molar-refractivity contribution in [3.63, 3.8) is 0 Å². The van der Waals surface area contributed by atoms with Gasteiger partial charge < -0.3 is 5.32 Å². The van der Waals surface area contributed by atoms with Crippen LogP contribution in [0.4, 0.5) is 10.2 Å². The average Bonchev–Trinajstić information content (AvgIpc) is 3.03. The summed E-state index contributed by atoms with van der Waals surface area (Å²) in [7, 11) is 0. The van der Waals surface area contributed by atoms with E-state index in [1.54, 1.807) is 18.3 Å². The predicted molar refractivity (Wildman–Crippen MR) is 90.1 cm³/mol. The molecule has 1 fully saturated rings. The SMILES string of the molecule is O=C(CSc1ccc(F)cc1)Nc1ccnn1C1CCCCC1. The van der Waals surface area contributed by atoms with Gasteiger partial charge >= 0.3 is 0 Å². The molecular weight excluding hydrogens is 313 g/mol. The van der Waals surface area contributed by atoms with Gasteiger partial charge in [-0.15, -0.1) is 11.8 Å². The second-order valence-electron chi connectivity index (χ2n) is 5.74. The van der Waals surface area contributed by atoms with Gasteiger partial charge in [0.1, 0.15) is 11.6 Å². The van der Waals surface area contributed by atoms with Crippen LogP contribution in [0.2, 0.25) is 0 Å². The van der Waals surface area contributed by atoms with Gasteiger partial charge in [0.15, 0.2) is 0 Å². The highest BCUT2D eigenvalue weighted by Crippen LogP contribution is 2.30. The maximum Gasteiger partial charge on any atom is 0.235 e. The fourth-order valence-corrected chi connectivity index (χ4v) is 3.59. The molecule has 1 aliphatic carbocycles. The van der Waals surface area contributed by atoms with Crippen molar-refractivity contribution in [3.8, 4) is 0 Å². The molecule has 1 aromatic heterocycles. The number of nitrogens with zero attached hydrogens (tertiary/aromatic N) is 2. The number of halogens is 1. The molecule has 0 bridgehead atoms. The summed E-state index contributed by atoms with van der Waals surface area (Å²) in [5.41, 5.74) is 0. The third-order valence-electron chi connectivity index (χ3n) is 4.04. The molecule has 1 amide bonds. The second kappa shape index (κ2) is 7.64. The fourth-order valence-electron chi connectivity index (χ4n) is 2.89. The number of anilines is 1. The number of aromatic nitrogens is 2. The predicted octanol–water partition coefficient (Wildman–Crippen LogP) is 4.26. The molecule has 1 saturated carbocycles. The first-order valence-electron chi connectivity index (χ1n) is 7.94. The van der Waals surface area contributed by atoms with Crippen LogP contribution < -0.4 is 5.32 Å². The van der Waals surface area contributed by atoms with E-state index in [0.717, 1.165) is 23.6 Å². The van der Waals surface area contributed by atoms with E-state index in [9.17, 15) is 9.18 Å². The summed E-state index contributed by atoms with van der Waals surface area (Å²) in [4.78, 5) is 13.0. The zero-order valence-electron chi connectivity index (χ0n) is 12.9. The van der Waals surface area contributed by atoms with Gasteiger partial charge in [-0.3, -0.25) is 4.79 Å². The lowest BCUT2D eigenvalue weighted by Crippen LogP contribution is -2.21. The third-order valence-corrected chi connectivity index (χ3v) is 5.05. The van der Waals surface area contributed by atoms with E-state index in [2.05, 4.69) is 10.4 Å². The van der Waals surface area contributed by atoms with Crippen molar-refractivity contribution in [2.24, 2.45) is 0 Å². The van der Waals surface area contributed by atoms with Crippen LogP contribution in [0, 0.1) is 5.82 Å². The summed E-state index contributed by atoms with van der Waals surface area (Å²) in [6.07, 6.45) is 7.70. The number of amides is 1. The van der Waals surface area contributed by atoms with Gasteiger partial charge in [0, 0.05) is 11.0 Å². The number of hydrogen-bond acceptors (Lipinski definition) is 3. The molecular formula is C17H20FN3OS. The highest BCUT2D eigenvalue weighted by Gasteiger charge is 2.19. The largest absolute Gasteiger partial charge is 0.310 e. The summed E-state index contributed by atoms with van der Waals surface area (Å²) in [5, 5.41) is 7.31. The zero-order valence-corrected chi connectivity index (χ0v) is 13.7. The molecule has 0 unspecified atom stereocenters. The lowest BCUT2D eigenvalue weighted by atomic mass is 9.96. The molecule has 0 saturated heterocycles. The van der Waals surface area contributed by atoms with E-state index < -0.39 is 0 Å². The number of nitrogens with one attached hydrogen (secondary N) is 1. The number of thioether (sulfide) groups is 1. The van der Waals surface area contributed by atoms with E-state index in [0.29, 0.717) is 11.8 Å². The monoisotopic (exact) mass is 333 g/mol. The molecule has 1 N–H and O–H groups in total. The number of hydrogen-bond donors (Lipinski definition) is 1. The number of benzene rings is 1. The van der Waals surface area contributed by atoms with Crippen LogP contribution >= 0.6 is 11.8 Å². The highest BCUT2D eigenvalue weighted by atomic mass is 32.2. The normalized spacial score (nSPS) is 15.5. The van der Waals surface area contributed by atoms with Crippen LogP contribution in [0.1, 0.15) is 38.1 Å². The number of carbonyl (C=O) groups is 1. The van der Waals surface area contributed by atoms with Crippen molar-refractivity contribution in [2.75, 3.05) is 11.1 Å². The Morgan fingerprint density at radius 2 is 1.96 bits per heavy atom. The standard InChI is InChI=1S/C17H20FN3OS/c18-13-6-8-15(9-7-13)23-12-17(22)20-16-10-11-19-21(16)14-4-2-1-3-5-14/h6-11,14H,1-5,12H2,(H,20,22). The molecule has 2 aromatic rings. The van der Waals surface area contributed by atoms with Crippen molar-refractivity contribution in [1.82, 2.24) is 9.78 Å². The van der Waals surface area contributed by atoms with Crippen LogP contribution in [0.15, 0.2) is 41.4 Å². The molecule has 0 atom stereocenters. The molecule has 0 spiro atoms. The van der Waals surface area contributed by atoms with Crippen molar-refractivity contribution in [2.45, 2.75) is 43.0 Å². The summed E-state index contributed by atoms with van der Waals surface area (Å²) in [6.45, 7) is 0. The Hall–Kier alpha value is -1.82. The highest BCUT2D eigenvalue weighted by molar-refractivity contribution is 8.00. The van der Waals surface area contributed by atoms with Gasteiger partial charge in [-0.05, 0) is 37.1 Å². The maximum atomic E-state index is 12.9. The molecule has 122 valence electrons. The first-order chi connectivity index (χ1) is 11.2. The van der Waals surface area contributed by atoms with E-state index in [4.69, 9.17) is 0 Å². The Balaban J connectivity index is 1.55. The average molecular weight is 333 g/mol. The van der Waals surface area contributed by atoms with Gasteiger partial charge in [0.2, 0.25) is 5.91 Å². The molecule has 0 radical (unpaired) electrons. The third kappa shape index (κ3) is 4.34. The summed E-state index contributed by atoms with van der Waals surface area (Å²) >= 11 is 1.39. The zero-order chi connectivity index (χ0) is 16.1. The summed E-state index contributed by atoms with van der Waals surface area (Å²) < 4.78 is 14.8. The van der Waals surface area contributed by atoms with E-state index in [1.165, 1.54) is 43.2 Å². The number of carbonyl (C=O) groups excluding carboxylic acids is 1. The molecule has 3 rings (SSSR count). The molecule has 23 heavy (non-hydrogen) atoms. The smallest absolute Gasteiger partial charge is 0.235 e. The van der Waals surface area contributed by atoms with E-state index in [1.807, 2.05) is 10.7 Å². The minimum Gasteiger partial charge on any atom is -0.310 e. The fraction of sp³-hybridized carbons (Fsp3) is 0.412. The van der Waals surface area contributed by atoms with Crippen molar-refractivity contribution in [3.05, 3.63) is 42.3 Å². The van der Waals surface area contributed by atoms with Gasteiger partial charge in [-0.1, -0.05) is 19.3 Å². The number of rotatable bonds is 5. The van der Waals surface area contributed by atoms with Crippen LogP contribution in [0.5, 0.6) is 0 Å². The van der Waals surface area contributed by atoms with Crippen molar-refractivity contribution >= 4 is 23.5 Å². The minimum absolute atomic E-state index is 0.0723. The molecule has 1 heterocycles. The van der Waals surface area contributed by atoms with E-state index >= 15 is 0 Å². The Morgan fingerprint density at radius 3 is 2.70 bits per heavy atom. The quantitative estimate of drug-likeness (QED) is 0.832. The van der Waals surface area contributed by atoms with Crippen LogP contribution in [-0.2, 0) is 4.79 Å². The van der Waals surface area contributed by atoms with Crippen LogP contribution in [0.25, 0.3) is 0 Å². The van der Waals surface area contributed by atoms with Crippen LogP contribution in [0.3, 0.4) is 0 Å². The Bertz CT molecular complexity index is 650. The lowest BCUT2D eigenvalue weighted by Gasteiger charge is -2.23. The lowest BCUT2D eigenvalue weighted by molar-refractivity contribution is -0.113. The van der Waals surface area contributed by atoms with Crippen molar-refractivity contribution in [1.29, 1.82) is 0 Å². The second-order valence-corrected chi connectivity index (χ2v) is 6.79. The van der Waals surface area contributed by atoms with Gasteiger partial charge in [-0.25, -0.2) is 9.07 Å². The molecule has 6 heteroatoms. The molecule has 1 aliphatic rings. The van der Waals surface area contributed by atoms with Crippen LogP contribution in [-0.4, -0.2) is 21.4 Å². The summed E-state index contributed by atoms with van der Waals surface area (Å²) in [5.74, 6) is 0.718. The van der Waals surface area contributed by atoms with Crippen molar-refractivity contribution < 1.29 is 9.18 Å². The van der Waals surface area contributed by atoms with Gasteiger partial charge in [-0.2, -0.15) is 5.10 Å². The minimum atomic E-state index is -0.268. The summed E-state index contributed by atoms with van der Waals surface area (Å²) in [6, 6.07) is 8.39. The Kier molecular flexibility index (Phi) is 5.33.